The maximum atomic E-state index is 12.0. The Morgan fingerprint density at radius 1 is 1.36 bits per heavy atom. The van der Waals surface area contributed by atoms with Crippen molar-refractivity contribution in [2.24, 2.45) is 5.73 Å². The van der Waals surface area contributed by atoms with Gasteiger partial charge >= 0.3 is 5.97 Å². The monoisotopic (exact) mass is 571 g/mol. The Bertz CT molecular complexity index is 1320. The van der Waals surface area contributed by atoms with E-state index in [1.165, 1.54) is 18.3 Å². The van der Waals surface area contributed by atoms with Gasteiger partial charge in [-0.05, 0) is 37.6 Å². The van der Waals surface area contributed by atoms with E-state index < -0.39 is 21.1 Å². The van der Waals surface area contributed by atoms with E-state index in [1.54, 1.807) is 49.1 Å². The first-order chi connectivity index (χ1) is 17.1. The topological polar surface area (TPSA) is 152 Å². The third-order valence-electron chi connectivity index (χ3n) is 5.17. The van der Waals surface area contributed by atoms with Crippen molar-refractivity contribution in [1.82, 2.24) is 4.98 Å². The number of carbonyl (C=O) groups is 2. The van der Waals surface area contributed by atoms with Crippen LogP contribution in [0.4, 0.5) is 11.4 Å². The largest absolute Gasteiger partial charge is 0.466 e. The molecule has 0 bridgehead atoms. The van der Waals surface area contributed by atoms with Gasteiger partial charge in [0.05, 0.1) is 46.1 Å². The minimum absolute atomic E-state index is 0.0348. The summed E-state index contributed by atoms with van der Waals surface area (Å²) < 4.78 is 3.81. The lowest BCUT2D eigenvalue weighted by molar-refractivity contribution is -0.384. The Kier molecular flexibility index (Phi) is 8.49. The van der Waals surface area contributed by atoms with Gasteiger partial charge in [0.1, 0.15) is 4.32 Å². The highest BCUT2D eigenvalue weighted by molar-refractivity contribution is 9.10. The molecule has 1 aromatic heterocycles. The third kappa shape index (κ3) is 5.75. The van der Waals surface area contributed by atoms with Crippen LogP contribution in [0.3, 0.4) is 0 Å². The molecule has 186 valence electrons. The maximum Gasteiger partial charge on any atom is 0.311 e. The summed E-state index contributed by atoms with van der Waals surface area (Å²) in [6.45, 7) is 3.77. The molecule has 12 heteroatoms. The number of benzene rings is 1. The molecule has 10 nitrogen and oxygen atoms in total. The molecule has 0 radical (unpaired) electrons. The second kappa shape index (κ2) is 11.4. The fraction of sp³-hybridized carbons (Fsp3) is 0.250. The number of nitro groups is 1. The van der Waals surface area contributed by atoms with Crippen LogP contribution in [0.25, 0.3) is 0 Å². The molecular formula is C24H22BrN5O5S. The SMILES string of the molecule is CCOC(=O)Cc1cc(N2C(C)=CC(Br)(c3cccc([N+](=O)[O-])c3)C(C#N)=C2SCC(N)=O)ccn1. The number of carbonyl (C=O) groups excluding carboxylic acids is 2. The summed E-state index contributed by atoms with van der Waals surface area (Å²) in [4.78, 5) is 40.5. The van der Waals surface area contributed by atoms with Gasteiger partial charge < -0.3 is 15.4 Å². The Balaban J connectivity index is 2.17. The molecule has 2 heterocycles. The zero-order valence-corrected chi connectivity index (χ0v) is 21.8. The number of thioether (sulfide) groups is 1. The summed E-state index contributed by atoms with van der Waals surface area (Å²) in [6.07, 6.45) is 3.27. The number of hydrogen-bond donors (Lipinski definition) is 1. The molecule has 1 unspecified atom stereocenters. The van der Waals surface area contributed by atoms with E-state index in [0.717, 1.165) is 11.8 Å². The van der Waals surface area contributed by atoms with E-state index in [0.29, 0.717) is 27.7 Å². The minimum atomic E-state index is -1.20. The van der Waals surface area contributed by atoms with Gasteiger partial charge in [0.2, 0.25) is 5.91 Å². The molecular weight excluding hydrogens is 550 g/mol. The molecule has 0 aliphatic carbocycles. The van der Waals surface area contributed by atoms with Crippen LogP contribution < -0.4 is 10.6 Å². The zero-order valence-electron chi connectivity index (χ0n) is 19.4. The second-order valence-electron chi connectivity index (χ2n) is 7.67. The van der Waals surface area contributed by atoms with Crippen molar-refractivity contribution in [3.8, 4) is 6.07 Å². The summed E-state index contributed by atoms with van der Waals surface area (Å²) in [6, 6.07) is 11.6. The van der Waals surface area contributed by atoms with Crippen LogP contribution in [0, 0.1) is 21.4 Å². The zero-order chi connectivity index (χ0) is 26.5. The van der Waals surface area contributed by atoms with Crippen molar-refractivity contribution in [2.45, 2.75) is 24.6 Å². The number of esters is 1. The number of ether oxygens (including phenoxy) is 1. The molecule has 0 fully saturated rings. The predicted molar refractivity (Wildman–Crippen MR) is 139 cm³/mol. The number of pyridine rings is 1. The lowest BCUT2D eigenvalue weighted by atomic mass is 9.88. The lowest BCUT2D eigenvalue weighted by Gasteiger charge is -2.38. The molecule has 3 rings (SSSR count). The molecule has 1 aromatic carbocycles. The molecule has 1 aliphatic rings. The van der Waals surface area contributed by atoms with Gasteiger partial charge in [-0.1, -0.05) is 39.8 Å². The number of non-ortho nitro benzene ring substituents is 1. The second-order valence-corrected chi connectivity index (χ2v) is 9.89. The number of nitriles is 1. The summed E-state index contributed by atoms with van der Waals surface area (Å²) in [5, 5.41) is 22.0. The Labute approximate surface area is 220 Å². The van der Waals surface area contributed by atoms with Crippen LogP contribution >= 0.6 is 27.7 Å². The van der Waals surface area contributed by atoms with Crippen LogP contribution in [0.1, 0.15) is 25.1 Å². The third-order valence-corrected chi connectivity index (χ3v) is 7.34. The predicted octanol–water partition coefficient (Wildman–Crippen LogP) is 4.06. The first-order valence-electron chi connectivity index (χ1n) is 10.7. The van der Waals surface area contributed by atoms with Crippen molar-refractivity contribution in [3.63, 3.8) is 0 Å². The average molecular weight is 572 g/mol. The van der Waals surface area contributed by atoms with Gasteiger partial charge in [-0.25, -0.2) is 0 Å². The first kappa shape index (κ1) is 26.9. The molecule has 0 saturated carbocycles. The maximum absolute atomic E-state index is 12.0. The molecule has 0 spiro atoms. The number of nitro benzene ring substituents is 1. The number of amides is 1. The Morgan fingerprint density at radius 3 is 2.75 bits per heavy atom. The highest BCUT2D eigenvalue weighted by Gasteiger charge is 2.41. The standard InChI is InChI=1S/C24H22BrN5O5S/c1-3-35-22(32)11-17-10-18(7-8-28-17)29-15(2)12-24(25,16-5-4-6-19(9-16)30(33)34)20(13-26)23(29)36-14-21(27)31/h4-10,12H,3,11,14H2,1-2H3,(H2,27,31). The van der Waals surface area contributed by atoms with Crippen molar-refractivity contribution >= 4 is 50.9 Å². The molecule has 1 amide bonds. The van der Waals surface area contributed by atoms with Crippen LogP contribution in [-0.4, -0.2) is 34.1 Å². The highest BCUT2D eigenvalue weighted by Crippen LogP contribution is 2.50. The van der Waals surface area contributed by atoms with Crippen molar-refractivity contribution in [1.29, 1.82) is 5.26 Å². The fourth-order valence-electron chi connectivity index (χ4n) is 3.71. The number of nitrogens with two attached hydrogens (primary N) is 1. The quantitative estimate of drug-likeness (QED) is 0.203. The average Bonchev–Trinajstić information content (AvgIpc) is 2.82. The van der Waals surface area contributed by atoms with Crippen LogP contribution in [0.2, 0.25) is 0 Å². The van der Waals surface area contributed by atoms with Crippen LogP contribution in [-0.2, 0) is 25.1 Å². The highest BCUT2D eigenvalue weighted by atomic mass is 79.9. The van der Waals surface area contributed by atoms with E-state index >= 15 is 0 Å². The van der Waals surface area contributed by atoms with Gasteiger partial charge in [0, 0.05) is 29.7 Å². The molecule has 0 saturated heterocycles. The number of allylic oxidation sites excluding steroid dienone is 3. The smallest absolute Gasteiger partial charge is 0.311 e. The van der Waals surface area contributed by atoms with E-state index in [4.69, 9.17) is 10.5 Å². The summed E-state index contributed by atoms with van der Waals surface area (Å²) >= 11 is 4.73. The summed E-state index contributed by atoms with van der Waals surface area (Å²) in [7, 11) is 0. The molecule has 1 aliphatic heterocycles. The van der Waals surface area contributed by atoms with Gasteiger partial charge in [-0.15, -0.1) is 0 Å². The van der Waals surface area contributed by atoms with Crippen molar-refractivity contribution < 1.29 is 19.2 Å². The van der Waals surface area contributed by atoms with E-state index in [9.17, 15) is 25.0 Å². The van der Waals surface area contributed by atoms with E-state index in [1.807, 2.05) is 0 Å². The number of primary amides is 1. The minimum Gasteiger partial charge on any atom is -0.466 e. The van der Waals surface area contributed by atoms with E-state index in [-0.39, 0.29) is 30.0 Å². The normalized spacial score (nSPS) is 17.3. The van der Waals surface area contributed by atoms with E-state index in [2.05, 4.69) is 27.0 Å². The molecule has 1 atom stereocenters. The number of hydrogen-bond acceptors (Lipinski definition) is 9. The van der Waals surface area contributed by atoms with Gasteiger partial charge in [0.15, 0.2) is 0 Å². The number of nitrogens with zero attached hydrogens (tertiary/aromatic N) is 4. The van der Waals surface area contributed by atoms with Crippen molar-refractivity contribution in [2.75, 3.05) is 17.3 Å². The molecule has 2 N–H and O–H groups in total. The van der Waals surface area contributed by atoms with Crippen LogP contribution in [0.15, 0.2) is 65.0 Å². The number of anilines is 1. The number of halogens is 1. The molecule has 36 heavy (non-hydrogen) atoms. The summed E-state index contributed by atoms with van der Waals surface area (Å²) in [5.74, 6) is -1.11. The summed E-state index contributed by atoms with van der Waals surface area (Å²) in [5.41, 5.74) is 7.70. The van der Waals surface area contributed by atoms with Gasteiger partial charge in [-0.3, -0.25) is 24.7 Å². The molecule has 2 aromatic rings. The Morgan fingerprint density at radius 2 is 2.11 bits per heavy atom. The Hall–Kier alpha value is -3.69. The first-order valence-corrected chi connectivity index (χ1v) is 12.5. The van der Waals surface area contributed by atoms with Gasteiger partial charge in [-0.2, -0.15) is 5.26 Å². The lowest BCUT2D eigenvalue weighted by Crippen LogP contribution is -2.33. The van der Waals surface area contributed by atoms with Crippen molar-refractivity contribution in [3.05, 3.63) is 86.3 Å². The number of aromatic nitrogens is 1. The number of alkyl halides is 1. The van der Waals surface area contributed by atoms with Gasteiger partial charge in [0.25, 0.3) is 5.69 Å². The van der Waals surface area contributed by atoms with Crippen LogP contribution in [0.5, 0.6) is 0 Å². The number of rotatable bonds is 9. The fourth-order valence-corrected chi connectivity index (χ4v) is 5.71.